The Labute approximate surface area is 129 Å². The molecule has 2 rings (SSSR count). The molecular weight excluding hydrogens is 286 g/mol. The van der Waals surface area contributed by atoms with Gasteiger partial charge in [-0.05, 0) is 43.4 Å². The van der Waals surface area contributed by atoms with E-state index in [-0.39, 0.29) is 18.1 Å². The van der Waals surface area contributed by atoms with Crippen molar-refractivity contribution in [3.63, 3.8) is 0 Å². The minimum Gasteiger partial charge on any atom is -0.389 e. The predicted molar refractivity (Wildman–Crippen MR) is 85.7 cm³/mol. The van der Waals surface area contributed by atoms with Crippen LogP contribution in [0.5, 0.6) is 0 Å². The van der Waals surface area contributed by atoms with Gasteiger partial charge in [0.2, 0.25) is 0 Å². The molecule has 2 aliphatic rings. The van der Waals surface area contributed by atoms with Gasteiger partial charge in [0.15, 0.2) is 9.84 Å². The highest BCUT2D eigenvalue weighted by atomic mass is 32.2. The van der Waals surface area contributed by atoms with Crippen LogP contribution in [0.25, 0.3) is 0 Å². The molecule has 5 heteroatoms. The number of hydrogen-bond acceptors (Lipinski definition) is 4. The standard InChI is InChI=1S/C16H31NO3S/c1-4-14(2,3)13-5-7-16(18,8-6-13)15(11-17)9-10-21(19,20)12-15/h13,18H,4-12,17H2,1-3H3. The van der Waals surface area contributed by atoms with Gasteiger partial charge in [-0.3, -0.25) is 0 Å². The Hall–Kier alpha value is -0.130. The summed E-state index contributed by atoms with van der Waals surface area (Å²) in [6, 6.07) is 0. The van der Waals surface area contributed by atoms with Crippen molar-refractivity contribution in [2.75, 3.05) is 18.1 Å². The van der Waals surface area contributed by atoms with E-state index in [0.29, 0.717) is 30.6 Å². The highest BCUT2D eigenvalue weighted by Gasteiger charge is 2.56. The molecule has 1 aliphatic carbocycles. The third-order valence-corrected chi connectivity index (χ3v) is 8.41. The van der Waals surface area contributed by atoms with Crippen molar-refractivity contribution in [3.8, 4) is 0 Å². The molecule has 1 unspecified atom stereocenters. The van der Waals surface area contributed by atoms with E-state index in [2.05, 4.69) is 20.8 Å². The molecule has 3 N–H and O–H groups in total. The van der Waals surface area contributed by atoms with Crippen molar-refractivity contribution in [2.45, 2.75) is 64.9 Å². The number of rotatable bonds is 4. The summed E-state index contributed by atoms with van der Waals surface area (Å²) < 4.78 is 23.8. The Balaban J connectivity index is 2.15. The summed E-state index contributed by atoms with van der Waals surface area (Å²) in [6.45, 7) is 7.07. The summed E-state index contributed by atoms with van der Waals surface area (Å²) in [5, 5.41) is 11.2. The summed E-state index contributed by atoms with van der Waals surface area (Å²) in [5.41, 5.74) is 4.70. The minimum atomic E-state index is -3.04. The molecule has 1 atom stereocenters. The smallest absolute Gasteiger partial charge is 0.151 e. The van der Waals surface area contributed by atoms with Crippen LogP contribution in [-0.2, 0) is 9.84 Å². The van der Waals surface area contributed by atoms with Gasteiger partial charge in [0.05, 0.1) is 17.1 Å². The van der Waals surface area contributed by atoms with Crippen LogP contribution in [0.15, 0.2) is 0 Å². The Kier molecular flexibility index (Phi) is 4.51. The maximum absolute atomic E-state index is 11.9. The van der Waals surface area contributed by atoms with Crippen LogP contribution in [0.2, 0.25) is 0 Å². The van der Waals surface area contributed by atoms with Crippen LogP contribution in [-0.4, -0.2) is 37.2 Å². The van der Waals surface area contributed by atoms with Gasteiger partial charge < -0.3 is 10.8 Å². The Morgan fingerprint density at radius 3 is 2.19 bits per heavy atom. The van der Waals surface area contributed by atoms with Gasteiger partial charge in [0.1, 0.15) is 0 Å². The zero-order chi connectivity index (χ0) is 15.9. The fraction of sp³-hybridized carbons (Fsp3) is 1.00. The van der Waals surface area contributed by atoms with E-state index < -0.39 is 20.9 Å². The van der Waals surface area contributed by atoms with E-state index in [1.807, 2.05) is 0 Å². The van der Waals surface area contributed by atoms with Gasteiger partial charge in [0.25, 0.3) is 0 Å². The molecule has 1 aliphatic heterocycles. The lowest BCUT2D eigenvalue weighted by molar-refractivity contribution is -0.110. The second-order valence-electron chi connectivity index (χ2n) is 7.97. The largest absolute Gasteiger partial charge is 0.389 e. The first-order valence-corrected chi connectivity index (χ1v) is 10.0. The quantitative estimate of drug-likeness (QED) is 0.832. The molecular formula is C16H31NO3S. The topological polar surface area (TPSA) is 80.4 Å². The van der Waals surface area contributed by atoms with Crippen LogP contribution in [0.4, 0.5) is 0 Å². The summed E-state index contributed by atoms with van der Waals surface area (Å²) >= 11 is 0. The molecule has 0 bridgehead atoms. The third-order valence-electron chi connectivity index (χ3n) is 6.59. The predicted octanol–water partition coefficient (Wildman–Crippen LogP) is 2.11. The first kappa shape index (κ1) is 17.2. The molecule has 0 amide bonds. The van der Waals surface area contributed by atoms with E-state index in [4.69, 9.17) is 5.73 Å². The van der Waals surface area contributed by atoms with Gasteiger partial charge >= 0.3 is 0 Å². The molecule has 0 aromatic heterocycles. The molecule has 1 saturated heterocycles. The summed E-state index contributed by atoms with van der Waals surface area (Å²) in [5.74, 6) is 0.848. The Bertz CT molecular complexity index is 478. The van der Waals surface area contributed by atoms with E-state index in [0.717, 1.165) is 19.3 Å². The van der Waals surface area contributed by atoms with Gasteiger partial charge in [-0.1, -0.05) is 27.2 Å². The molecule has 1 heterocycles. The monoisotopic (exact) mass is 317 g/mol. The van der Waals surface area contributed by atoms with Crippen molar-refractivity contribution >= 4 is 9.84 Å². The van der Waals surface area contributed by atoms with Crippen molar-refractivity contribution < 1.29 is 13.5 Å². The summed E-state index contributed by atoms with van der Waals surface area (Å²) in [4.78, 5) is 0. The first-order chi connectivity index (χ1) is 9.60. The Morgan fingerprint density at radius 2 is 1.81 bits per heavy atom. The Morgan fingerprint density at radius 1 is 1.24 bits per heavy atom. The number of aliphatic hydroxyl groups is 1. The molecule has 0 radical (unpaired) electrons. The first-order valence-electron chi connectivity index (χ1n) is 8.23. The minimum absolute atomic E-state index is 0.0643. The fourth-order valence-electron chi connectivity index (χ4n) is 4.33. The summed E-state index contributed by atoms with van der Waals surface area (Å²) in [7, 11) is -3.04. The molecule has 1 saturated carbocycles. The lowest BCUT2D eigenvalue weighted by atomic mass is 9.59. The van der Waals surface area contributed by atoms with Gasteiger partial charge in [0, 0.05) is 12.0 Å². The third kappa shape index (κ3) is 3.02. The van der Waals surface area contributed by atoms with Crippen molar-refractivity contribution in [3.05, 3.63) is 0 Å². The molecule has 0 aromatic carbocycles. The molecule has 124 valence electrons. The van der Waals surface area contributed by atoms with Crippen molar-refractivity contribution in [1.82, 2.24) is 0 Å². The van der Waals surface area contributed by atoms with Crippen molar-refractivity contribution in [2.24, 2.45) is 22.5 Å². The number of sulfone groups is 1. The van der Waals surface area contributed by atoms with E-state index in [9.17, 15) is 13.5 Å². The van der Waals surface area contributed by atoms with Crippen LogP contribution < -0.4 is 5.73 Å². The molecule has 4 nitrogen and oxygen atoms in total. The molecule has 0 aromatic rings. The molecule has 2 fully saturated rings. The zero-order valence-corrected chi connectivity index (χ0v) is 14.5. The number of hydrogen-bond donors (Lipinski definition) is 2. The van der Waals surface area contributed by atoms with Crippen LogP contribution in [0, 0.1) is 16.7 Å². The maximum atomic E-state index is 11.9. The highest BCUT2D eigenvalue weighted by Crippen LogP contribution is 2.52. The SMILES string of the molecule is CCC(C)(C)C1CCC(O)(C2(CN)CCS(=O)(=O)C2)CC1. The zero-order valence-electron chi connectivity index (χ0n) is 13.7. The fourth-order valence-corrected chi connectivity index (χ4v) is 6.55. The van der Waals surface area contributed by atoms with Crippen molar-refractivity contribution in [1.29, 1.82) is 0 Å². The average Bonchev–Trinajstić information content (AvgIpc) is 2.76. The maximum Gasteiger partial charge on any atom is 0.151 e. The van der Waals surface area contributed by atoms with E-state index in [1.54, 1.807) is 0 Å². The van der Waals surface area contributed by atoms with Gasteiger partial charge in [-0.15, -0.1) is 0 Å². The number of nitrogens with two attached hydrogens (primary N) is 1. The van der Waals surface area contributed by atoms with Gasteiger partial charge in [-0.2, -0.15) is 0 Å². The van der Waals surface area contributed by atoms with Crippen LogP contribution >= 0.6 is 0 Å². The lowest BCUT2D eigenvalue weighted by Gasteiger charge is -2.50. The lowest BCUT2D eigenvalue weighted by Crippen LogP contribution is -2.55. The van der Waals surface area contributed by atoms with E-state index in [1.165, 1.54) is 0 Å². The molecule has 0 spiro atoms. The van der Waals surface area contributed by atoms with Crippen LogP contribution in [0.1, 0.15) is 59.3 Å². The second-order valence-corrected chi connectivity index (χ2v) is 10.2. The second kappa shape index (κ2) is 5.50. The average molecular weight is 317 g/mol. The summed E-state index contributed by atoms with van der Waals surface area (Å²) in [6.07, 6.45) is 4.97. The normalized spacial score (nSPS) is 40.3. The molecule has 21 heavy (non-hydrogen) atoms. The van der Waals surface area contributed by atoms with Crippen LogP contribution in [0.3, 0.4) is 0 Å². The van der Waals surface area contributed by atoms with E-state index >= 15 is 0 Å². The van der Waals surface area contributed by atoms with Gasteiger partial charge in [-0.25, -0.2) is 8.42 Å². The highest BCUT2D eigenvalue weighted by molar-refractivity contribution is 7.91.